The molecular weight excluding hydrogens is 455 g/mol. The average molecular weight is 498 g/mol. The molecule has 6 nitrogen and oxygen atoms in total. The number of methoxy groups -OCH3 is 1. The Labute approximate surface area is 184 Å². The van der Waals surface area contributed by atoms with Gasteiger partial charge in [0.05, 0.1) is 19.8 Å². The summed E-state index contributed by atoms with van der Waals surface area (Å²) >= 11 is 0. The highest BCUT2D eigenvalue weighted by molar-refractivity contribution is 14.0. The molecule has 1 saturated heterocycles. The van der Waals surface area contributed by atoms with Crippen molar-refractivity contribution in [2.45, 2.75) is 53.0 Å². The molecule has 1 aliphatic heterocycles. The second kappa shape index (κ2) is 14.8. The number of hydrogen-bond acceptors (Lipinski definition) is 4. The molecule has 1 aliphatic rings. The lowest BCUT2D eigenvalue weighted by Crippen LogP contribution is -2.53. The van der Waals surface area contributed by atoms with E-state index < -0.39 is 0 Å². The lowest BCUT2D eigenvalue weighted by molar-refractivity contribution is 0.0512. The molecule has 27 heavy (non-hydrogen) atoms. The Bertz CT molecular complexity index is 397. The maximum absolute atomic E-state index is 5.50. The van der Waals surface area contributed by atoms with Crippen LogP contribution in [-0.2, 0) is 9.47 Å². The topological polar surface area (TPSA) is 58.1 Å². The van der Waals surface area contributed by atoms with E-state index in [1.807, 2.05) is 0 Å². The molecule has 0 radical (unpaired) electrons. The summed E-state index contributed by atoms with van der Waals surface area (Å²) in [4.78, 5) is 7.46. The average Bonchev–Trinajstić information content (AvgIpc) is 2.58. The molecule has 1 heterocycles. The van der Waals surface area contributed by atoms with Crippen LogP contribution in [0.1, 0.15) is 47.5 Å². The van der Waals surface area contributed by atoms with Crippen molar-refractivity contribution in [3.05, 3.63) is 0 Å². The molecule has 0 aliphatic carbocycles. The number of halogens is 1. The second-order valence-electron chi connectivity index (χ2n) is 8.24. The lowest BCUT2D eigenvalue weighted by Gasteiger charge is -2.44. The SMILES string of the molecule is CCNC(=NCC(C)(C)N1CC(C)CC(C)C1)NCCCOCCOC.I. The Morgan fingerprint density at radius 3 is 2.37 bits per heavy atom. The van der Waals surface area contributed by atoms with E-state index in [4.69, 9.17) is 14.5 Å². The summed E-state index contributed by atoms with van der Waals surface area (Å²) in [5.74, 6) is 2.44. The van der Waals surface area contributed by atoms with Gasteiger partial charge in [-0.3, -0.25) is 9.89 Å². The van der Waals surface area contributed by atoms with Crippen LogP contribution in [0.4, 0.5) is 0 Å². The van der Waals surface area contributed by atoms with Crippen LogP contribution in [0.15, 0.2) is 4.99 Å². The van der Waals surface area contributed by atoms with Gasteiger partial charge < -0.3 is 20.1 Å². The minimum atomic E-state index is 0. The highest BCUT2D eigenvalue weighted by atomic mass is 127. The standard InChI is InChI=1S/C20H42N4O2.HI/c1-7-21-19(22-9-8-10-26-12-11-25-6)23-16-20(4,5)24-14-17(2)13-18(3)15-24;/h17-18H,7-16H2,1-6H3,(H2,21,22,23);1H. The van der Waals surface area contributed by atoms with E-state index in [2.05, 4.69) is 50.2 Å². The Morgan fingerprint density at radius 1 is 1.11 bits per heavy atom. The molecule has 2 N–H and O–H groups in total. The number of likely N-dealkylation sites (tertiary alicyclic amines) is 1. The van der Waals surface area contributed by atoms with Gasteiger partial charge in [0.1, 0.15) is 0 Å². The fraction of sp³-hybridized carbons (Fsp3) is 0.950. The largest absolute Gasteiger partial charge is 0.382 e. The maximum Gasteiger partial charge on any atom is 0.191 e. The monoisotopic (exact) mass is 498 g/mol. The molecule has 0 bridgehead atoms. The molecule has 0 saturated carbocycles. The summed E-state index contributed by atoms with van der Waals surface area (Å²) in [5.41, 5.74) is 0.0779. The summed E-state index contributed by atoms with van der Waals surface area (Å²) in [6.45, 7) is 18.4. The summed E-state index contributed by atoms with van der Waals surface area (Å²) in [7, 11) is 1.69. The number of ether oxygens (including phenoxy) is 2. The van der Waals surface area contributed by atoms with Crippen LogP contribution in [0.25, 0.3) is 0 Å². The van der Waals surface area contributed by atoms with Gasteiger partial charge in [-0.25, -0.2) is 0 Å². The van der Waals surface area contributed by atoms with Crippen LogP contribution < -0.4 is 10.6 Å². The molecule has 0 amide bonds. The Balaban J connectivity index is 0.00000676. The number of rotatable bonds is 11. The fourth-order valence-electron chi connectivity index (χ4n) is 3.50. The number of nitrogens with one attached hydrogen (secondary N) is 2. The van der Waals surface area contributed by atoms with Gasteiger partial charge in [-0.05, 0) is 45.4 Å². The first-order valence-electron chi connectivity index (χ1n) is 10.2. The van der Waals surface area contributed by atoms with Gasteiger partial charge in [0.2, 0.25) is 0 Å². The Morgan fingerprint density at radius 2 is 1.78 bits per heavy atom. The number of piperidine rings is 1. The first-order valence-corrected chi connectivity index (χ1v) is 10.2. The van der Waals surface area contributed by atoms with Gasteiger partial charge in [0.15, 0.2) is 5.96 Å². The molecular formula is C20H43IN4O2. The summed E-state index contributed by atoms with van der Waals surface area (Å²) in [6, 6.07) is 0. The van der Waals surface area contributed by atoms with Crippen molar-refractivity contribution in [1.82, 2.24) is 15.5 Å². The molecule has 2 unspecified atom stereocenters. The third-order valence-electron chi connectivity index (χ3n) is 4.88. The van der Waals surface area contributed by atoms with Crippen LogP contribution in [-0.4, -0.2) is 76.1 Å². The van der Waals surface area contributed by atoms with Crippen molar-refractivity contribution < 1.29 is 9.47 Å². The van der Waals surface area contributed by atoms with E-state index in [0.29, 0.717) is 13.2 Å². The van der Waals surface area contributed by atoms with Gasteiger partial charge in [-0.2, -0.15) is 0 Å². The van der Waals surface area contributed by atoms with Crippen molar-refractivity contribution in [2.24, 2.45) is 16.8 Å². The van der Waals surface area contributed by atoms with Gasteiger partial charge in [0, 0.05) is 45.4 Å². The third-order valence-corrected chi connectivity index (χ3v) is 4.88. The normalized spacial score (nSPS) is 21.6. The van der Waals surface area contributed by atoms with E-state index in [9.17, 15) is 0 Å². The molecule has 1 fully saturated rings. The molecule has 2 atom stereocenters. The van der Waals surface area contributed by atoms with Crippen molar-refractivity contribution in [2.75, 3.05) is 59.7 Å². The van der Waals surface area contributed by atoms with E-state index in [0.717, 1.165) is 50.5 Å². The molecule has 0 aromatic carbocycles. The van der Waals surface area contributed by atoms with Gasteiger partial charge in [-0.15, -0.1) is 24.0 Å². The number of aliphatic imine (C=N–C) groups is 1. The Hall–Kier alpha value is -0.120. The zero-order valence-electron chi connectivity index (χ0n) is 18.3. The van der Waals surface area contributed by atoms with E-state index >= 15 is 0 Å². The van der Waals surface area contributed by atoms with Crippen molar-refractivity contribution in [1.29, 1.82) is 0 Å². The first kappa shape index (κ1) is 26.9. The zero-order valence-corrected chi connectivity index (χ0v) is 20.7. The molecule has 0 spiro atoms. The number of hydrogen-bond donors (Lipinski definition) is 2. The predicted molar refractivity (Wildman–Crippen MR) is 125 cm³/mol. The summed E-state index contributed by atoms with van der Waals surface area (Å²) < 4.78 is 10.5. The van der Waals surface area contributed by atoms with Crippen molar-refractivity contribution in [3.63, 3.8) is 0 Å². The second-order valence-corrected chi connectivity index (χ2v) is 8.24. The van der Waals surface area contributed by atoms with E-state index in [1.54, 1.807) is 7.11 Å². The zero-order chi connectivity index (χ0) is 19.4. The molecule has 7 heteroatoms. The van der Waals surface area contributed by atoms with Crippen LogP contribution in [0.5, 0.6) is 0 Å². The molecule has 0 aromatic rings. The highest BCUT2D eigenvalue weighted by Gasteiger charge is 2.32. The fourth-order valence-corrected chi connectivity index (χ4v) is 3.50. The summed E-state index contributed by atoms with van der Waals surface area (Å²) in [5, 5.41) is 6.76. The lowest BCUT2D eigenvalue weighted by atomic mass is 9.88. The Kier molecular flexibility index (Phi) is 14.8. The van der Waals surface area contributed by atoms with Crippen LogP contribution >= 0.6 is 24.0 Å². The van der Waals surface area contributed by atoms with E-state index in [-0.39, 0.29) is 29.5 Å². The molecule has 1 rings (SSSR count). The molecule has 162 valence electrons. The highest BCUT2D eigenvalue weighted by Crippen LogP contribution is 2.27. The van der Waals surface area contributed by atoms with Crippen molar-refractivity contribution >= 4 is 29.9 Å². The number of nitrogens with zero attached hydrogens (tertiary/aromatic N) is 2. The van der Waals surface area contributed by atoms with Gasteiger partial charge in [-0.1, -0.05) is 13.8 Å². The minimum absolute atomic E-state index is 0. The van der Waals surface area contributed by atoms with Crippen molar-refractivity contribution in [3.8, 4) is 0 Å². The smallest absolute Gasteiger partial charge is 0.191 e. The van der Waals surface area contributed by atoms with Gasteiger partial charge in [0.25, 0.3) is 0 Å². The summed E-state index contributed by atoms with van der Waals surface area (Å²) in [6.07, 6.45) is 2.30. The number of guanidine groups is 1. The predicted octanol–water partition coefficient (Wildman–Crippen LogP) is 2.97. The van der Waals surface area contributed by atoms with Gasteiger partial charge >= 0.3 is 0 Å². The molecule has 0 aromatic heterocycles. The van der Waals surface area contributed by atoms with E-state index in [1.165, 1.54) is 19.5 Å². The third kappa shape index (κ3) is 11.5. The van der Waals surface area contributed by atoms with Crippen LogP contribution in [0.2, 0.25) is 0 Å². The van der Waals surface area contributed by atoms with Crippen LogP contribution in [0, 0.1) is 11.8 Å². The first-order chi connectivity index (χ1) is 12.4. The quantitative estimate of drug-likeness (QED) is 0.199. The maximum atomic E-state index is 5.50. The minimum Gasteiger partial charge on any atom is -0.382 e. The van der Waals surface area contributed by atoms with Crippen LogP contribution in [0.3, 0.4) is 0 Å².